The topological polar surface area (TPSA) is 49.3 Å². The van der Waals surface area contributed by atoms with Crippen LogP contribution in [0.1, 0.15) is 58.7 Å². The molecular formula is C22H34N4O. The molecule has 148 valence electrons. The Hall–Kier alpha value is -1.49. The van der Waals surface area contributed by atoms with Gasteiger partial charge in [0.25, 0.3) is 0 Å². The van der Waals surface area contributed by atoms with Crippen molar-refractivity contribution < 1.29 is 4.79 Å². The van der Waals surface area contributed by atoms with Gasteiger partial charge in [0.05, 0.1) is 18.1 Å². The average molecular weight is 371 g/mol. The van der Waals surface area contributed by atoms with Crippen LogP contribution >= 0.6 is 0 Å². The zero-order valence-corrected chi connectivity index (χ0v) is 17.2. The number of nitrogens with zero attached hydrogens (tertiary/aromatic N) is 4. The number of carbonyl (C=O) groups is 1. The first-order valence-electron chi connectivity index (χ1n) is 10.9. The molecule has 0 radical (unpaired) electrons. The summed E-state index contributed by atoms with van der Waals surface area (Å²) in [4.78, 5) is 26.3. The van der Waals surface area contributed by atoms with Gasteiger partial charge in [0.15, 0.2) is 0 Å². The largest absolute Gasteiger partial charge is 0.366 e. The first kappa shape index (κ1) is 18.9. The van der Waals surface area contributed by atoms with Gasteiger partial charge in [-0.25, -0.2) is 9.97 Å². The number of Topliss-reactive ketones (excluding diaryl/α,β-unsaturated/α-hetero) is 1. The molecule has 0 aromatic carbocycles. The summed E-state index contributed by atoms with van der Waals surface area (Å²) >= 11 is 0. The lowest BCUT2D eigenvalue weighted by molar-refractivity contribution is -0.144. The van der Waals surface area contributed by atoms with Crippen molar-refractivity contribution in [2.75, 3.05) is 31.1 Å². The van der Waals surface area contributed by atoms with Gasteiger partial charge in [0.1, 0.15) is 11.6 Å². The van der Waals surface area contributed by atoms with E-state index in [1.54, 1.807) is 0 Å². The third-order valence-electron chi connectivity index (χ3n) is 7.40. The van der Waals surface area contributed by atoms with Crippen LogP contribution in [0, 0.1) is 17.3 Å². The standard InChI is InChI=1S/C22H34N4O/c1-4-16(3)21(27)17-10-22(11-17)12-18(13-22)25-6-8-26(9-7-25)19-14-23-20(5-2)24-15-19/h14-18H,4-13H2,1-3H3. The lowest BCUT2D eigenvalue weighted by Gasteiger charge is -2.60. The van der Waals surface area contributed by atoms with Gasteiger partial charge in [-0.2, -0.15) is 0 Å². The van der Waals surface area contributed by atoms with Crippen LogP contribution in [0.4, 0.5) is 5.69 Å². The number of rotatable bonds is 6. The molecule has 1 aromatic heterocycles. The van der Waals surface area contributed by atoms with Gasteiger partial charge in [-0.15, -0.1) is 0 Å². The molecule has 2 heterocycles. The minimum Gasteiger partial charge on any atom is -0.366 e. The van der Waals surface area contributed by atoms with Crippen molar-refractivity contribution in [3.8, 4) is 0 Å². The second-order valence-corrected chi connectivity index (χ2v) is 9.11. The van der Waals surface area contributed by atoms with E-state index in [0.717, 1.165) is 69.4 Å². The molecule has 2 aliphatic carbocycles. The van der Waals surface area contributed by atoms with Crippen LogP contribution in [-0.2, 0) is 11.2 Å². The molecule has 1 unspecified atom stereocenters. The summed E-state index contributed by atoms with van der Waals surface area (Å²) in [5, 5.41) is 0. The number of hydrogen-bond acceptors (Lipinski definition) is 5. The Morgan fingerprint density at radius 1 is 1.11 bits per heavy atom. The molecule has 4 rings (SSSR count). The van der Waals surface area contributed by atoms with Crippen LogP contribution in [0.5, 0.6) is 0 Å². The highest BCUT2D eigenvalue weighted by atomic mass is 16.1. The predicted molar refractivity (Wildman–Crippen MR) is 108 cm³/mol. The molecule has 1 aliphatic heterocycles. The lowest BCUT2D eigenvalue weighted by atomic mass is 9.48. The molecule has 1 saturated heterocycles. The number of anilines is 1. The van der Waals surface area contributed by atoms with Crippen molar-refractivity contribution in [2.24, 2.45) is 17.3 Å². The summed E-state index contributed by atoms with van der Waals surface area (Å²) in [6, 6.07) is 0.741. The second kappa shape index (κ2) is 7.50. The first-order chi connectivity index (χ1) is 13.0. The van der Waals surface area contributed by atoms with Crippen LogP contribution < -0.4 is 4.90 Å². The molecule has 5 nitrogen and oxygen atoms in total. The van der Waals surface area contributed by atoms with Crippen LogP contribution in [0.2, 0.25) is 0 Å². The number of aromatic nitrogens is 2. The summed E-state index contributed by atoms with van der Waals surface area (Å²) in [6.07, 6.45) is 10.8. The molecule has 0 bridgehead atoms. The Balaban J connectivity index is 1.21. The summed E-state index contributed by atoms with van der Waals surface area (Å²) in [6.45, 7) is 10.7. The van der Waals surface area contributed by atoms with E-state index in [4.69, 9.17) is 0 Å². The molecule has 2 saturated carbocycles. The Morgan fingerprint density at radius 3 is 2.30 bits per heavy atom. The van der Waals surface area contributed by atoms with Crippen molar-refractivity contribution in [2.45, 2.75) is 65.3 Å². The van der Waals surface area contributed by atoms with E-state index in [0.29, 0.717) is 17.1 Å². The number of hydrogen-bond donors (Lipinski definition) is 0. The number of piperazine rings is 1. The van der Waals surface area contributed by atoms with Crippen molar-refractivity contribution in [1.29, 1.82) is 0 Å². The van der Waals surface area contributed by atoms with Gasteiger partial charge < -0.3 is 4.90 Å². The Morgan fingerprint density at radius 2 is 1.74 bits per heavy atom. The van der Waals surface area contributed by atoms with Crippen molar-refractivity contribution >= 4 is 11.5 Å². The molecule has 0 N–H and O–H groups in total. The quantitative estimate of drug-likeness (QED) is 0.769. The van der Waals surface area contributed by atoms with Gasteiger partial charge in [-0.3, -0.25) is 9.69 Å². The van der Waals surface area contributed by atoms with Crippen molar-refractivity contribution in [1.82, 2.24) is 14.9 Å². The molecule has 0 amide bonds. The third kappa shape index (κ3) is 3.63. The Kier molecular flexibility index (Phi) is 5.23. The number of carbonyl (C=O) groups excluding carboxylic acids is 1. The molecular weight excluding hydrogens is 336 g/mol. The van der Waals surface area contributed by atoms with E-state index in [9.17, 15) is 4.79 Å². The van der Waals surface area contributed by atoms with Gasteiger partial charge in [-0.05, 0) is 37.5 Å². The fraction of sp³-hybridized carbons (Fsp3) is 0.773. The minimum absolute atomic E-state index is 0.256. The fourth-order valence-corrected chi connectivity index (χ4v) is 5.36. The summed E-state index contributed by atoms with van der Waals surface area (Å²) in [5.41, 5.74) is 1.67. The fourth-order valence-electron chi connectivity index (χ4n) is 5.36. The maximum atomic E-state index is 12.4. The third-order valence-corrected chi connectivity index (χ3v) is 7.40. The van der Waals surface area contributed by atoms with E-state index in [2.05, 4.69) is 40.5 Å². The summed E-state index contributed by atoms with van der Waals surface area (Å²) in [7, 11) is 0. The monoisotopic (exact) mass is 370 g/mol. The Labute approximate surface area is 163 Å². The van der Waals surface area contributed by atoms with Crippen LogP contribution in [-0.4, -0.2) is 52.9 Å². The zero-order valence-electron chi connectivity index (χ0n) is 17.2. The predicted octanol–water partition coefficient (Wildman–Crippen LogP) is 3.34. The molecule has 1 atom stereocenters. The van der Waals surface area contributed by atoms with E-state index in [-0.39, 0.29) is 5.92 Å². The van der Waals surface area contributed by atoms with Crippen molar-refractivity contribution in [3.63, 3.8) is 0 Å². The molecule has 5 heteroatoms. The molecule has 3 aliphatic rings. The summed E-state index contributed by atoms with van der Waals surface area (Å²) in [5.74, 6) is 2.06. The van der Waals surface area contributed by atoms with E-state index < -0.39 is 0 Å². The van der Waals surface area contributed by atoms with Crippen LogP contribution in [0.15, 0.2) is 12.4 Å². The van der Waals surface area contributed by atoms with Crippen LogP contribution in [0.3, 0.4) is 0 Å². The normalized spacial score (nSPS) is 32.0. The minimum atomic E-state index is 0.256. The van der Waals surface area contributed by atoms with E-state index >= 15 is 0 Å². The lowest BCUT2D eigenvalue weighted by Crippen LogP contribution is -2.61. The average Bonchev–Trinajstić information content (AvgIpc) is 2.65. The highest BCUT2D eigenvalue weighted by Crippen LogP contribution is 2.60. The van der Waals surface area contributed by atoms with Gasteiger partial charge >= 0.3 is 0 Å². The first-order valence-corrected chi connectivity index (χ1v) is 10.9. The second-order valence-electron chi connectivity index (χ2n) is 9.11. The highest BCUT2D eigenvalue weighted by Gasteiger charge is 2.56. The van der Waals surface area contributed by atoms with Gasteiger partial charge in [0, 0.05) is 50.5 Å². The smallest absolute Gasteiger partial charge is 0.138 e. The number of aryl methyl sites for hydroxylation is 1. The van der Waals surface area contributed by atoms with Gasteiger partial charge in [-0.1, -0.05) is 20.8 Å². The molecule has 1 spiro atoms. The molecule has 3 fully saturated rings. The Bertz CT molecular complexity index is 651. The van der Waals surface area contributed by atoms with Crippen molar-refractivity contribution in [3.05, 3.63) is 18.2 Å². The molecule has 1 aromatic rings. The van der Waals surface area contributed by atoms with E-state index in [1.165, 1.54) is 12.8 Å². The molecule has 27 heavy (non-hydrogen) atoms. The zero-order chi connectivity index (χ0) is 19.0. The highest BCUT2D eigenvalue weighted by molar-refractivity contribution is 5.84. The maximum Gasteiger partial charge on any atom is 0.138 e. The van der Waals surface area contributed by atoms with E-state index in [1.807, 2.05) is 12.4 Å². The summed E-state index contributed by atoms with van der Waals surface area (Å²) < 4.78 is 0. The van der Waals surface area contributed by atoms with Crippen LogP contribution in [0.25, 0.3) is 0 Å². The SMILES string of the molecule is CCc1ncc(N2CCN(C3CC4(CC(C(=O)C(C)CC)C4)C3)CC2)cn1. The van der Waals surface area contributed by atoms with Gasteiger partial charge in [0.2, 0.25) is 0 Å². The maximum absolute atomic E-state index is 12.4. The number of ketones is 1.